The molecule has 0 N–H and O–H groups in total. The van der Waals surface area contributed by atoms with Gasteiger partial charge in [-0.1, -0.05) is 203 Å². The molecule has 0 amide bonds. The highest BCUT2D eigenvalue weighted by molar-refractivity contribution is 6.56. The zero-order chi connectivity index (χ0) is 57.0. The normalized spacial score (nSPS) is 12.4. The summed E-state index contributed by atoms with van der Waals surface area (Å²) in [5, 5.41) is 8.35. The number of benzene rings is 7. The average Bonchev–Trinajstić information content (AvgIpc) is 2.66. The van der Waals surface area contributed by atoms with Crippen molar-refractivity contribution in [2.75, 3.05) is 26.4 Å². The maximum atomic E-state index is 15.3. The highest BCUT2D eigenvalue weighted by atomic mass is 35.5. The Labute approximate surface area is 499 Å². The maximum absolute atomic E-state index is 15.3. The first kappa shape index (κ1) is 58.3. The monoisotopic (exact) mass is 1180 g/mol. The molecule has 0 aliphatic heterocycles. The van der Waals surface area contributed by atoms with Crippen molar-refractivity contribution in [2.45, 2.75) is 182 Å². The minimum atomic E-state index is -0.293. The van der Waals surface area contributed by atoms with E-state index in [1.165, 1.54) is 103 Å². The second kappa shape index (κ2) is 26.2. The van der Waals surface area contributed by atoms with Crippen molar-refractivity contribution in [2.24, 2.45) is 0 Å². The molecule has 11 aromatic rings. The van der Waals surface area contributed by atoms with Gasteiger partial charge in [-0.05, 0) is 49.9 Å². The van der Waals surface area contributed by atoms with Crippen LogP contribution in [0, 0.1) is 0 Å². The molecule has 0 unspecified atom stereocenters. The summed E-state index contributed by atoms with van der Waals surface area (Å²) >= 11 is 30.3. The van der Waals surface area contributed by atoms with Crippen molar-refractivity contribution < 1.29 is 18.9 Å². The molecule has 432 valence electrons. The molecule has 0 bridgehead atoms. The van der Waals surface area contributed by atoms with E-state index < -0.39 is 0 Å². The molecule has 4 heterocycles. The zero-order valence-corrected chi connectivity index (χ0v) is 51.2. The minimum absolute atomic E-state index is 0.293. The molecule has 4 aromatic heterocycles. The molecular weight excluding hydrogens is 1110 g/mol. The highest BCUT2D eigenvalue weighted by Crippen LogP contribution is 2.54. The summed E-state index contributed by atoms with van der Waals surface area (Å²) in [6, 6.07) is 14.8. The van der Waals surface area contributed by atoms with Gasteiger partial charge in [0.05, 0.1) is 59.3 Å². The van der Waals surface area contributed by atoms with Gasteiger partial charge in [-0.2, -0.15) is 0 Å². The number of nitrogens with zero attached hydrogens (tertiary/aromatic N) is 4. The Bertz CT molecular complexity index is 3910. The molecule has 0 saturated heterocycles. The fraction of sp³-hybridized carbons (Fsp3) is 0.471. The summed E-state index contributed by atoms with van der Waals surface area (Å²) in [7, 11) is 0. The Kier molecular flexibility index (Phi) is 18.6. The van der Waals surface area contributed by atoms with Crippen LogP contribution in [-0.4, -0.2) is 45.2 Å². The van der Waals surface area contributed by atoms with Crippen LogP contribution in [0.5, 0.6) is 23.0 Å². The standard InChI is InChI=1S/C68H76Cl4N4O6/c1-5-9-13-17-21-25-29-79-53-37-49-51(39-55(53)81-31-27-23-19-15-11-7-3)75-65(73-49)41-33-45(69)59-60-46(70)34-42-58-44(36-48(72)62(64(58)60)61-47(71)35-43(67(75)77)57(41)63(59)61)68(78)76-52-40-56(82-32-28-24-20-16-12-8-4)54(38-50(52)74-66(42)76)80-30-26-22-18-14-10-6-2/h33-40H,5-32H2,1-4H3. The van der Waals surface area contributed by atoms with Gasteiger partial charge in [-0.3, -0.25) is 18.4 Å². The third-order valence-electron chi connectivity index (χ3n) is 16.9. The van der Waals surface area contributed by atoms with Crippen LogP contribution in [0.2, 0.25) is 20.1 Å². The molecule has 10 nitrogen and oxygen atoms in total. The Hall–Kier alpha value is -5.52. The quantitative estimate of drug-likeness (QED) is 0.0233. The lowest BCUT2D eigenvalue weighted by molar-refractivity contribution is 0.259. The van der Waals surface area contributed by atoms with E-state index in [1.807, 2.05) is 36.4 Å². The summed E-state index contributed by atoms with van der Waals surface area (Å²) in [6.07, 6.45) is 27.3. The largest absolute Gasteiger partial charge is 0.490 e. The first-order valence-corrected chi connectivity index (χ1v) is 32.3. The lowest BCUT2D eigenvalue weighted by Gasteiger charge is -2.21. The van der Waals surface area contributed by atoms with Crippen molar-refractivity contribution in [1.82, 2.24) is 18.8 Å². The van der Waals surface area contributed by atoms with Gasteiger partial charge in [0.2, 0.25) is 0 Å². The van der Waals surface area contributed by atoms with Gasteiger partial charge in [-0.25, -0.2) is 9.97 Å². The Morgan fingerprint density at radius 3 is 0.902 bits per heavy atom. The average molecular weight is 1190 g/mol. The number of hydrogen-bond acceptors (Lipinski definition) is 8. The lowest BCUT2D eigenvalue weighted by Crippen LogP contribution is -2.14. The number of hydrogen-bond donors (Lipinski definition) is 0. The Balaban J connectivity index is 1.05. The van der Waals surface area contributed by atoms with E-state index in [2.05, 4.69) is 27.7 Å². The first-order chi connectivity index (χ1) is 40.1. The maximum Gasteiger partial charge on any atom is 0.264 e. The number of imidazole rings is 2. The predicted molar refractivity (Wildman–Crippen MR) is 346 cm³/mol. The number of ether oxygens (including phenoxy) is 4. The van der Waals surface area contributed by atoms with Crippen molar-refractivity contribution >= 4 is 144 Å². The second-order valence-corrected chi connectivity index (χ2v) is 24.4. The smallest absolute Gasteiger partial charge is 0.264 e. The van der Waals surface area contributed by atoms with Crippen LogP contribution in [-0.2, 0) is 0 Å². The van der Waals surface area contributed by atoms with Crippen LogP contribution in [0.15, 0.2) is 58.1 Å². The van der Waals surface area contributed by atoms with E-state index in [0.29, 0.717) is 168 Å². The second-order valence-electron chi connectivity index (χ2n) is 22.8. The zero-order valence-electron chi connectivity index (χ0n) is 48.2. The molecule has 0 fully saturated rings. The van der Waals surface area contributed by atoms with Gasteiger partial charge < -0.3 is 18.9 Å². The minimum Gasteiger partial charge on any atom is -0.490 e. The highest BCUT2D eigenvalue weighted by Gasteiger charge is 2.30. The number of pyridine rings is 2. The summed E-state index contributed by atoms with van der Waals surface area (Å²) in [5.74, 6) is 2.38. The first-order valence-electron chi connectivity index (χ1n) is 30.8. The van der Waals surface area contributed by atoms with Gasteiger partial charge >= 0.3 is 0 Å². The van der Waals surface area contributed by atoms with E-state index >= 15 is 9.59 Å². The molecular formula is C68H76Cl4N4O6. The molecule has 82 heavy (non-hydrogen) atoms. The number of aromatic nitrogens is 4. The van der Waals surface area contributed by atoms with Crippen molar-refractivity contribution in [3.05, 3.63) is 89.3 Å². The molecule has 0 aliphatic rings. The van der Waals surface area contributed by atoms with E-state index in [4.69, 9.17) is 75.3 Å². The fourth-order valence-corrected chi connectivity index (χ4v) is 13.9. The van der Waals surface area contributed by atoms with Gasteiger partial charge in [0.1, 0.15) is 11.3 Å². The number of unbranched alkanes of at least 4 members (excludes halogenated alkanes) is 20. The molecule has 0 radical (unpaired) electrons. The van der Waals surface area contributed by atoms with Crippen LogP contribution < -0.4 is 30.1 Å². The van der Waals surface area contributed by atoms with Gasteiger partial charge in [-0.15, -0.1) is 0 Å². The van der Waals surface area contributed by atoms with Crippen molar-refractivity contribution in [1.29, 1.82) is 0 Å². The van der Waals surface area contributed by atoms with Gasteiger partial charge in [0, 0.05) is 98.2 Å². The summed E-state index contributed by atoms with van der Waals surface area (Å²) < 4.78 is 29.3. The van der Waals surface area contributed by atoms with E-state index in [0.717, 1.165) is 51.4 Å². The third kappa shape index (κ3) is 11.1. The summed E-state index contributed by atoms with van der Waals surface area (Å²) in [5.41, 5.74) is 2.66. The molecule has 14 heteroatoms. The number of rotatable bonds is 32. The van der Waals surface area contributed by atoms with Crippen LogP contribution >= 0.6 is 46.4 Å². The Morgan fingerprint density at radius 2 is 0.598 bits per heavy atom. The predicted octanol–water partition coefficient (Wildman–Crippen LogP) is 20.8. The topological polar surface area (TPSA) is 106 Å². The summed E-state index contributed by atoms with van der Waals surface area (Å²) in [4.78, 5) is 40.9. The lowest BCUT2D eigenvalue weighted by atomic mass is 9.86. The Morgan fingerprint density at radius 1 is 0.329 bits per heavy atom. The van der Waals surface area contributed by atoms with Crippen LogP contribution in [0.3, 0.4) is 0 Å². The molecule has 11 rings (SSSR count). The van der Waals surface area contributed by atoms with Crippen LogP contribution in [0.1, 0.15) is 182 Å². The molecule has 0 aliphatic carbocycles. The van der Waals surface area contributed by atoms with Crippen molar-refractivity contribution in [3.63, 3.8) is 0 Å². The third-order valence-corrected chi connectivity index (χ3v) is 18.1. The molecule has 7 aromatic carbocycles. The molecule has 0 atom stereocenters. The van der Waals surface area contributed by atoms with Gasteiger partial charge in [0.25, 0.3) is 11.1 Å². The van der Waals surface area contributed by atoms with E-state index in [1.54, 1.807) is 20.9 Å². The van der Waals surface area contributed by atoms with E-state index in [9.17, 15) is 0 Å². The number of halogens is 4. The molecule has 0 saturated carbocycles. The van der Waals surface area contributed by atoms with Crippen LogP contribution in [0.4, 0.5) is 0 Å². The van der Waals surface area contributed by atoms with Gasteiger partial charge in [0.15, 0.2) is 23.0 Å². The van der Waals surface area contributed by atoms with Crippen LogP contribution in [0.25, 0.3) is 98.0 Å². The van der Waals surface area contributed by atoms with Crippen molar-refractivity contribution in [3.8, 4) is 23.0 Å². The number of fused-ring (bicyclic) bond motifs is 10. The molecule has 0 spiro atoms. The van der Waals surface area contributed by atoms with E-state index in [-0.39, 0.29) is 11.1 Å². The SMILES string of the molecule is CCCCCCCCOc1cc2nc3c4cc(Cl)c5c6c(Cl)cc7c8c(cc(Cl)c(c9c(Cl)cc(c(=O)n3c2cc1OCCCCCCCC)c4c95)c68)c(=O)n1c2cc(OCCCCCCCC)c(OCCCCCCCC)cc2nc71. The fourth-order valence-electron chi connectivity index (χ4n) is 12.7. The summed E-state index contributed by atoms with van der Waals surface area (Å²) in [6.45, 7) is 11.1.